The maximum absolute atomic E-state index is 9.93. The van der Waals surface area contributed by atoms with Crippen LogP contribution in [-0.2, 0) is 6.42 Å². The third-order valence-electron chi connectivity index (χ3n) is 5.08. The molecule has 200 valence electrons. The average Bonchev–Trinajstić information content (AvgIpc) is 2.87. The van der Waals surface area contributed by atoms with Crippen LogP contribution in [0.2, 0.25) is 0 Å². The van der Waals surface area contributed by atoms with Crippen molar-refractivity contribution in [2.45, 2.75) is 85.2 Å². The van der Waals surface area contributed by atoms with Crippen LogP contribution in [0.4, 0.5) is 0 Å². The molecule has 0 aliphatic heterocycles. The summed E-state index contributed by atoms with van der Waals surface area (Å²) in [5, 5.41) is 25.9. The Morgan fingerprint density at radius 1 is 1.00 bits per heavy atom. The molecule has 1 atom stereocenters. The normalized spacial score (nSPS) is 14.1. The van der Waals surface area contributed by atoms with Crippen LogP contribution >= 0.6 is 0 Å². The predicted molar refractivity (Wildman–Crippen MR) is 152 cm³/mol. The topological polar surface area (TPSA) is 69.9 Å². The van der Waals surface area contributed by atoms with Crippen LogP contribution < -0.4 is 4.74 Å². The van der Waals surface area contributed by atoms with Crippen molar-refractivity contribution in [3.63, 3.8) is 0 Å². The maximum Gasteiger partial charge on any atom is 0.119 e. The van der Waals surface area contributed by atoms with Crippen LogP contribution in [0, 0.1) is 5.92 Å². The van der Waals surface area contributed by atoms with E-state index in [0.29, 0.717) is 19.4 Å². The van der Waals surface area contributed by atoms with Gasteiger partial charge < -0.3 is 20.1 Å². The second-order valence-electron chi connectivity index (χ2n) is 8.02. The van der Waals surface area contributed by atoms with Gasteiger partial charge in [-0.1, -0.05) is 108 Å². The Balaban J connectivity index is 0. The van der Waals surface area contributed by atoms with Crippen molar-refractivity contribution in [1.82, 2.24) is 0 Å². The summed E-state index contributed by atoms with van der Waals surface area (Å²) in [6.45, 7) is 9.02. The molecule has 0 radical (unpaired) electrons. The van der Waals surface area contributed by atoms with Gasteiger partial charge in [0.05, 0.1) is 12.7 Å². The molecule has 0 saturated heterocycles. The van der Waals surface area contributed by atoms with E-state index in [1.807, 2.05) is 62.4 Å². The van der Waals surface area contributed by atoms with Crippen molar-refractivity contribution in [2.75, 3.05) is 20.3 Å². The highest BCUT2D eigenvalue weighted by Crippen LogP contribution is 2.24. The summed E-state index contributed by atoms with van der Waals surface area (Å²) in [5.41, 5.74) is 1.05. The van der Waals surface area contributed by atoms with Gasteiger partial charge in [-0.3, -0.25) is 0 Å². The van der Waals surface area contributed by atoms with Crippen molar-refractivity contribution < 1.29 is 20.1 Å². The number of aliphatic hydroxyl groups is 3. The van der Waals surface area contributed by atoms with Crippen LogP contribution in [0.5, 0.6) is 5.75 Å². The van der Waals surface area contributed by atoms with E-state index >= 15 is 0 Å². The van der Waals surface area contributed by atoms with Gasteiger partial charge in [-0.2, -0.15) is 0 Å². The second kappa shape index (κ2) is 28.1. The quantitative estimate of drug-likeness (QED) is 0.156. The van der Waals surface area contributed by atoms with Gasteiger partial charge >= 0.3 is 0 Å². The summed E-state index contributed by atoms with van der Waals surface area (Å²) in [6.07, 6.45) is 24.4. The van der Waals surface area contributed by atoms with Gasteiger partial charge in [-0.25, -0.2) is 0 Å². The highest BCUT2D eigenvalue weighted by atomic mass is 16.5. The summed E-state index contributed by atoms with van der Waals surface area (Å²) < 4.78 is 5.65. The third-order valence-corrected chi connectivity index (χ3v) is 5.08. The molecule has 1 unspecified atom stereocenters. The van der Waals surface area contributed by atoms with Crippen LogP contribution in [0.15, 0.2) is 72.9 Å². The largest absolute Gasteiger partial charge is 0.493 e. The molecule has 1 aromatic carbocycles. The molecule has 1 aromatic rings. The molecule has 1 aliphatic carbocycles. The molecule has 1 aliphatic rings. The lowest BCUT2D eigenvalue weighted by Crippen LogP contribution is -2.09. The number of unbranched alkanes of at least 4 members (excludes halogenated alkanes) is 1. The van der Waals surface area contributed by atoms with E-state index in [2.05, 4.69) is 32.1 Å². The van der Waals surface area contributed by atoms with E-state index < -0.39 is 6.10 Å². The highest BCUT2D eigenvalue weighted by molar-refractivity contribution is 5.28. The SMILES string of the molecule is CC.CC/C=C\CC/C=C/C=C\C=C\C(O)CCOc1cccc(CCO)c1.CC1CCC1.CO. The molecule has 1 fully saturated rings. The van der Waals surface area contributed by atoms with Crippen molar-refractivity contribution in [2.24, 2.45) is 5.92 Å². The van der Waals surface area contributed by atoms with Crippen LogP contribution in [0.3, 0.4) is 0 Å². The van der Waals surface area contributed by atoms with Crippen molar-refractivity contribution in [1.29, 1.82) is 0 Å². The molecule has 3 N–H and O–H groups in total. The van der Waals surface area contributed by atoms with Crippen molar-refractivity contribution in [3.05, 3.63) is 78.4 Å². The fourth-order valence-electron chi connectivity index (χ4n) is 2.90. The summed E-state index contributed by atoms with van der Waals surface area (Å²) >= 11 is 0. The molecule has 0 aromatic heterocycles. The highest BCUT2D eigenvalue weighted by Gasteiger charge is 2.09. The zero-order chi connectivity index (χ0) is 26.6. The molecule has 0 heterocycles. The number of rotatable bonds is 13. The first-order valence-electron chi connectivity index (χ1n) is 13.3. The van der Waals surface area contributed by atoms with E-state index in [9.17, 15) is 5.11 Å². The van der Waals surface area contributed by atoms with E-state index in [1.54, 1.807) is 6.08 Å². The van der Waals surface area contributed by atoms with E-state index in [0.717, 1.165) is 43.6 Å². The fraction of sp³-hybridized carbons (Fsp3) is 0.548. The van der Waals surface area contributed by atoms with Gasteiger partial charge in [0.15, 0.2) is 0 Å². The minimum absolute atomic E-state index is 0.131. The average molecular weight is 489 g/mol. The van der Waals surface area contributed by atoms with E-state index in [-0.39, 0.29) is 6.61 Å². The van der Waals surface area contributed by atoms with Crippen LogP contribution in [-0.4, -0.2) is 41.7 Å². The Labute approximate surface area is 215 Å². The van der Waals surface area contributed by atoms with Gasteiger partial charge in [0.2, 0.25) is 0 Å². The molecule has 4 heteroatoms. The number of benzene rings is 1. The standard InChI is InChI=1S/C23H32O3.C5H10.C2H6.CH4O/c1-2-3-4-5-6-7-8-9-10-11-14-22(25)17-19-26-23-15-12-13-21(20-23)16-18-24;1-5-3-2-4-5;2*1-2/h3-4,7-15,20,22,24-25H,2,5-6,16-19H2,1H3;5H,2-4H2,1H3;1-2H3;2H,1H3/b4-3-,8-7+,10-9-,14-11+;;;. The van der Waals surface area contributed by atoms with Crippen molar-refractivity contribution in [3.8, 4) is 5.75 Å². The Morgan fingerprint density at radius 2 is 1.66 bits per heavy atom. The van der Waals surface area contributed by atoms with Gasteiger partial charge in [-0.05, 0) is 49.3 Å². The predicted octanol–water partition coefficient (Wildman–Crippen LogP) is 7.21. The number of aliphatic hydroxyl groups excluding tert-OH is 3. The minimum atomic E-state index is -0.525. The van der Waals surface area contributed by atoms with Gasteiger partial charge in [0.25, 0.3) is 0 Å². The number of allylic oxidation sites excluding steroid dienone is 7. The van der Waals surface area contributed by atoms with Gasteiger partial charge in [0.1, 0.15) is 5.75 Å². The summed E-state index contributed by atoms with van der Waals surface area (Å²) in [6, 6.07) is 7.68. The number of hydrogen-bond acceptors (Lipinski definition) is 4. The molecule has 0 bridgehead atoms. The Bertz CT molecular complexity index is 672. The first-order chi connectivity index (χ1) is 17.2. The Morgan fingerprint density at radius 3 is 2.26 bits per heavy atom. The van der Waals surface area contributed by atoms with E-state index in [1.165, 1.54) is 19.3 Å². The van der Waals surface area contributed by atoms with E-state index in [4.69, 9.17) is 14.9 Å². The maximum atomic E-state index is 9.93. The molecule has 0 spiro atoms. The molecule has 35 heavy (non-hydrogen) atoms. The molecular formula is C31H52O4. The fourth-order valence-corrected chi connectivity index (χ4v) is 2.90. The smallest absolute Gasteiger partial charge is 0.119 e. The lowest BCUT2D eigenvalue weighted by molar-refractivity contribution is 0.178. The molecular weight excluding hydrogens is 436 g/mol. The molecule has 0 amide bonds. The zero-order valence-corrected chi connectivity index (χ0v) is 22.9. The first kappa shape index (κ1) is 35.0. The summed E-state index contributed by atoms with van der Waals surface area (Å²) in [7, 11) is 1.00. The summed E-state index contributed by atoms with van der Waals surface area (Å²) in [4.78, 5) is 0. The first-order valence-corrected chi connectivity index (χ1v) is 13.3. The molecule has 2 rings (SSSR count). The molecule has 1 saturated carbocycles. The summed E-state index contributed by atoms with van der Waals surface area (Å²) in [5.74, 6) is 1.83. The zero-order valence-electron chi connectivity index (χ0n) is 22.9. The second-order valence-corrected chi connectivity index (χ2v) is 8.02. The van der Waals surface area contributed by atoms with Gasteiger partial charge in [0, 0.05) is 20.1 Å². The number of ether oxygens (including phenoxy) is 1. The van der Waals surface area contributed by atoms with Crippen LogP contribution in [0.25, 0.3) is 0 Å². The number of hydrogen-bond donors (Lipinski definition) is 3. The molecule has 4 nitrogen and oxygen atoms in total. The third kappa shape index (κ3) is 23.4. The Hall–Kier alpha value is -2.14. The lowest BCUT2D eigenvalue weighted by Gasteiger charge is -2.18. The monoisotopic (exact) mass is 488 g/mol. The van der Waals surface area contributed by atoms with Crippen LogP contribution in [0.1, 0.15) is 78.2 Å². The van der Waals surface area contributed by atoms with Crippen molar-refractivity contribution >= 4 is 0 Å². The minimum Gasteiger partial charge on any atom is -0.493 e. The van der Waals surface area contributed by atoms with Gasteiger partial charge in [-0.15, -0.1) is 0 Å². The lowest BCUT2D eigenvalue weighted by atomic mass is 9.88. The Kier molecular flexibility index (Phi) is 28.1.